The molecule has 0 spiro atoms. The Morgan fingerprint density at radius 2 is 1.88 bits per heavy atom. The van der Waals surface area contributed by atoms with Gasteiger partial charge in [-0.25, -0.2) is 0 Å². The van der Waals surface area contributed by atoms with E-state index in [-0.39, 0.29) is 0 Å². The van der Waals surface area contributed by atoms with E-state index in [0.29, 0.717) is 10.0 Å². The molecule has 1 heterocycles. The molecule has 0 N–H and O–H groups in total. The second kappa shape index (κ2) is 4.91. The molecule has 0 aliphatic carbocycles. The SMILES string of the molecule is CCCc1cc(Br)c2cc(Cl)c(Cl)cc2n1. The molecule has 2 rings (SSSR count). The van der Waals surface area contributed by atoms with Gasteiger partial charge < -0.3 is 0 Å². The van der Waals surface area contributed by atoms with Gasteiger partial charge in [0, 0.05) is 15.6 Å². The Kier molecular flexibility index (Phi) is 3.73. The maximum absolute atomic E-state index is 5.98. The van der Waals surface area contributed by atoms with Crippen LogP contribution in [0.5, 0.6) is 0 Å². The van der Waals surface area contributed by atoms with Crippen molar-refractivity contribution in [3.63, 3.8) is 0 Å². The summed E-state index contributed by atoms with van der Waals surface area (Å²) in [5.41, 5.74) is 1.95. The number of hydrogen-bond acceptors (Lipinski definition) is 1. The van der Waals surface area contributed by atoms with Crippen molar-refractivity contribution >= 4 is 50.0 Å². The van der Waals surface area contributed by atoms with Crippen LogP contribution in [0, 0.1) is 0 Å². The monoisotopic (exact) mass is 317 g/mol. The van der Waals surface area contributed by atoms with E-state index >= 15 is 0 Å². The van der Waals surface area contributed by atoms with E-state index in [1.807, 2.05) is 18.2 Å². The lowest BCUT2D eigenvalue weighted by Crippen LogP contribution is -1.91. The average molecular weight is 319 g/mol. The highest BCUT2D eigenvalue weighted by molar-refractivity contribution is 9.10. The van der Waals surface area contributed by atoms with Crippen LogP contribution in [0.2, 0.25) is 10.0 Å². The summed E-state index contributed by atoms with van der Waals surface area (Å²) >= 11 is 15.5. The first-order chi connectivity index (χ1) is 7.61. The highest BCUT2D eigenvalue weighted by Crippen LogP contribution is 2.31. The smallest absolute Gasteiger partial charge is 0.0732 e. The predicted octanol–water partition coefficient (Wildman–Crippen LogP) is 5.26. The van der Waals surface area contributed by atoms with Crippen molar-refractivity contribution in [2.75, 3.05) is 0 Å². The zero-order valence-electron chi connectivity index (χ0n) is 8.73. The molecule has 0 saturated carbocycles. The maximum Gasteiger partial charge on any atom is 0.0732 e. The molecular weight excluding hydrogens is 309 g/mol. The van der Waals surface area contributed by atoms with Crippen molar-refractivity contribution in [1.82, 2.24) is 4.98 Å². The van der Waals surface area contributed by atoms with Gasteiger partial charge in [-0.15, -0.1) is 0 Å². The summed E-state index contributed by atoms with van der Waals surface area (Å²) in [4.78, 5) is 4.55. The minimum Gasteiger partial charge on any atom is -0.253 e. The average Bonchev–Trinajstić information content (AvgIpc) is 2.22. The molecule has 0 aliphatic heterocycles. The lowest BCUT2D eigenvalue weighted by Gasteiger charge is -2.06. The lowest BCUT2D eigenvalue weighted by atomic mass is 10.1. The molecule has 1 nitrogen and oxygen atoms in total. The predicted molar refractivity (Wildman–Crippen MR) is 73.5 cm³/mol. The number of halogens is 3. The fourth-order valence-electron chi connectivity index (χ4n) is 1.62. The van der Waals surface area contributed by atoms with Gasteiger partial charge in [0.15, 0.2) is 0 Å². The Morgan fingerprint density at radius 3 is 2.56 bits per heavy atom. The Morgan fingerprint density at radius 1 is 1.19 bits per heavy atom. The molecule has 4 heteroatoms. The number of fused-ring (bicyclic) bond motifs is 1. The minimum atomic E-state index is 0.544. The van der Waals surface area contributed by atoms with Crippen molar-refractivity contribution < 1.29 is 0 Å². The third-order valence-electron chi connectivity index (χ3n) is 2.36. The van der Waals surface area contributed by atoms with Crippen molar-refractivity contribution in [2.45, 2.75) is 19.8 Å². The van der Waals surface area contributed by atoms with Gasteiger partial charge in [-0.2, -0.15) is 0 Å². The Labute approximate surface area is 113 Å². The molecule has 0 bridgehead atoms. The number of benzene rings is 1. The van der Waals surface area contributed by atoms with E-state index in [2.05, 4.69) is 27.8 Å². The van der Waals surface area contributed by atoms with Crippen LogP contribution in [0.25, 0.3) is 10.9 Å². The molecule has 1 aromatic carbocycles. The first-order valence-corrected chi connectivity index (χ1v) is 6.61. The van der Waals surface area contributed by atoms with E-state index < -0.39 is 0 Å². The van der Waals surface area contributed by atoms with Gasteiger partial charge in [-0.3, -0.25) is 4.98 Å². The molecule has 0 radical (unpaired) electrons. The third-order valence-corrected chi connectivity index (χ3v) is 3.74. The largest absolute Gasteiger partial charge is 0.253 e. The van der Waals surface area contributed by atoms with Crippen LogP contribution in [0.15, 0.2) is 22.7 Å². The van der Waals surface area contributed by atoms with E-state index in [0.717, 1.165) is 33.9 Å². The number of hydrogen-bond donors (Lipinski definition) is 0. The van der Waals surface area contributed by atoms with Gasteiger partial charge in [0.2, 0.25) is 0 Å². The van der Waals surface area contributed by atoms with Gasteiger partial charge in [0.25, 0.3) is 0 Å². The molecule has 16 heavy (non-hydrogen) atoms. The number of pyridine rings is 1. The minimum absolute atomic E-state index is 0.544. The van der Waals surface area contributed by atoms with Crippen LogP contribution >= 0.6 is 39.1 Å². The van der Waals surface area contributed by atoms with Crippen molar-refractivity contribution in [3.05, 3.63) is 38.4 Å². The second-order valence-corrected chi connectivity index (χ2v) is 5.30. The molecule has 0 amide bonds. The van der Waals surface area contributed by atoms with Crippen LogP contribution in [-0.2, 0) is 6.42 Å². The molecule has 0 unspecified atom stereocenters. The highest BCUT2D eigenvalue weighted by atomic mass is 79.9. The Balaban J connectivity index is 2.67. The van der Waals surface area contributed by atoms with Gasteiger partial charge in [-0.1, -0.05) is 52.5 Å². The normalized spacial score (nSPS) is 11.0. The lowest BCUT2D eigenvalue weighted by molar-refractivity contribution is 0.889. The zero-order valence-corrected chi connectivity index (χ0v) is 11.8. The van der Waals surface area contributed by atoms with Gasteiger partial charge >= 0.3 is 0 Å². The standard InChI is InChI=1S/C12H10BrCl2N/c1-2-3-7-4-9(13)8-5-10(14)11(15)6-12(8)16-7/h4-6H,2-3H2,1H3. The number of aryl methyl sites for hydroxylation is 1. The number of rotatable bonds is 2. The molecule has 2 aromatic rings. The molecule has 84 valence electrons. The quantitative estimate of drug-likeness (QED) is 0.736. The van der Waals surface area contributed by atoms with E-state index in [1.165, 1.54) is 0 Å². The summed E-state index contributed by atoms with van der Waals surface area (Å²) in [5.74, 6) is 0. The summed E-state index contributed by atoms with van der Waals surface area (Å²) in [6, 6.07) is 5.69. The van der Waals surface area contributed by atoms with Crippen molar-refractivity contribution in [3.8, 4) is 0 Å². The second-order valence-electron chi connectivity index (χ2n) is 3.63. The zero-order chi connectivity index (χ0) is 11.7. The third kappa shape index (κ3) is 2.34. The first-order valence-electron chi connectivity index (χ1n) is 5.06. The summed E-state index contributed by atoms with van der Waals surface area (Å²) in [6.45, 7) is 2.13. The van der Waals surface area contributed by atoms with Crippen LogP contribution in [0.4, 0.5) is 0 Å². The van der Waals surface area contributed by atoms with Gasteiger partial charge in [0.05, 0.1) is 15.6 Å². The molecule has 1 aromatic heterocycles. The summed E-state index contributed by atoms with van der Waals surface area (Å²) < 4.78 is 1.01. The molecule has 0 fully saturated rings. The highest BCUT2D eigenvalue weighted by Gasteiger charge is 2.07. The van der Waals surface area contributed by atoms with E-state index in [4.69, 9.17) is 23.2 Å². The fourth-order valence-corrected chi connectivity index (χ4v) is 2.52. The fraction of sp³-hybridized carbons (Fsp3) is 0.250. The van der Waals surface area contributed by atoms with E-state index in [1.54, 1.807) is 0 Å². The van der Waals surface area contributed by atoms with Gasteiger partial charge in [-0.05, 0) is 24.6 Å². The van der Waals surface area contributed by atoms with Crippen LogP contribution in [-0.4, -0.2) is 4.98 Å². The topological polar surface area (TPSA) is 12.9 Å². The molecular formula is C12H10BrCl2N. The van der Waals surface area contributed by atoms with Crippen LogP contribution < -0.4 is 0 Å². The molecule has 0 aliphatic rings. The summed E-state index contributed by atoms with van der Waals surface area (Å²) in [7, 11) is 0. The maximum atomic E-state index is 5.98. The first kappa shape index (κ1) is 12.2. The number of aromatic nitrogens is 1. The summed E-state index contributed by atoms with van der Waals surface area (Å²) in [5, 5.41) is 2.09. The van der Waals surface area contributed by atoms with Crippen molar-refractivity contribution in [1.29, 1.82) is 0 Å². The van der Waals surface area contributed by atoms with Crippen LogP contribution in [0.3, 0.4) is 0 Å². The molecule has 0 saturated heterocycles. The van der Waals surface area contributed by atoms with Crippen molar-refractivity contribution in [2.24, 2.45) is 0 Å². The number of nitrogens with zero attached hydrogens (tertiary/aromatic N) is 1. The Bertz CT molecular complexity index is 540. The molecule has 0 atom stereocenters. The van der Waals surface area contributed by atoms with E-state index in [9.17, 15) is 0 Å². The summed E-state index contributed by atoms with van der Waals surface area (Å²) in [6.07, 6.45) is 2.04. The van der Waals surface area contributed by atoms with Crippen LogP contribution in [0.1, 0.15) is 19.0 Å². The Hall–Kier alpha value is -0.310. The van der Waals surface area contributed by atoms with Gasteiger partial charge in [0.1, 0.15) is 0 Å².